The van der Waals surface area contributed by atoms with Crippen LogP contribution in [0.5, 0.6) is 17.2 Å². The number of hydrogen-bond acceptors (Lipinski definition) is 5. The van der Waals surface area contributed by atoms with Crippen molar-refractivity contribution in [1.82, 2.24) is 5.43 Å². The minimum absolute atomic E-state index is 0.352. The maximum Gasteiger partial charge on any atom is 0.271 e. The summed E-state index contributed by atoms with van der Waals surface area (Å²) >= 11 is 3.43. The lowest BCUT2D eigenvalue weighted by atomic mass is 10.2. The Kier molecular flexibility index (Phi) is 9.24. The lowest BCUT2D eigenvalue weighted by Gasteiger charge is -2.12. The number of hydrogen-bond donors (Lipinski definition) is 1. The van der Waals surface area contributed by atoms with Gasteiger partial charge in [-0.1, -0.05) is 35.5 Å². The Balaban J connectivity index is 2.11. The van der Waals surface area contributed by atoms with Crippen molar-refractivity contribution in [2.24, 2.45) is 5.10 Å². The first-order chi connectivity index (χ1) is 14.1. The summed E-state index contributed by atoms with van der Waals surface area (Å²) < 4.78 is 17.7. The molecule has 0 spiro atoms. The molecule has 7 heteroatoms. The molecule has 0 unspecified atom stereocenters. The molecule has 29 heavy (non-hydrogen) atoms. The number of carbonyl (C=O) groups excluding carboxylic acids is 1. The van der Waals surface area contributed by atoms with E-state index in [2.05, 4.69) is 33.0 Å². The standard InChI is InChI=1S/C22H25BrN2O4/c1-4-11-28-19-10-8-18(23)13-17(19)15-24-25-22(26)16-7-9-20(29-12-5-2)21(14-16)27-6-3/h5,7-10,13-15H,2,4,6,11-12H2,1,3H3,(H,25,26)/b24-15+. The van der Waals surface area contributed by atoms with Crippen LogP contribution in [-0.2, 0) is 0 Å². The Bertz CT molecular complexity index is 868. The lowest BCUT2D eigenvalue weighted by molar-refractivity contribution is 0.0954. The van der Waals surface area contributed by atoms with E-state index >= 15 is 0 Å². The summed E-state index contributed by atoms with van der Waals surface area (Å²) in [6, 6.07) is 10.6. The summed E-state index contributed by atoms with van der Waals surface area (Å²) in [4.78, 5) is 12.5. The van der Waals surface area contributed by atoms with Gasteiger partial charge in [-0.05, 0) is 49.7 Å². The zero-order valence-corrected chi connectivity index (χ0v) is 18.2. The van der Waals surface area contributed by atoms with Gasteiger partial charge >= 0.3 is 0 Å². The van der Waals surface area contributed by atoms with Gasteiger partial charge in [0.1, 0.15) is 12.4 Å². The van der Waals surface area contributed by atoms with Crippen LogP contribution in [0.25, 0.3) is 0 Å². The molecule has 0 saturated carbocycles. The van der Waals surface area contributed by atoms with Crippen molar-refractivity contribution in [2.75, 3.05) is 19.8 Å². The van der Waals surface area contributed by atoms with Gasteiger partial charge in [-0.25, -0.2) is 5.43 Å². The van der Waals surface area contributed by atoms with Gasteiger partial charge in [-0.15, -0.1) is 0 Å². The molecule has 0 aliphatic heterocycles. The first-order valence-electron chi connectivity index (χ1n) is 9.35. The van der Waals surface area contributed by atoms with Crippen molar-refractivity contribution in [3.63, 3.8) is 0 Å². The number of hydrazone groups is 1. The van der Waals surface area contributed by atoms with E-state index in [0.717, 1.165) is 16.5 Å². The Labute approximate surface area is 179 Å². The molecule has 0 bridgehead atoms. The van der Waals surface area contributed by atoms with Gasteiger partial charge in [0.25, 0.3) is 5.91 Å². The highest BCUT2D eigenvalue weighted by Crippen LogP contribution is 2.28. The van der Waals surface area contributed by atoms with E-state index < -0.39 is 0 Å². The Morgan fingerprint density at radius 2 is 1.90 bits per heavy atom. The van der Waals surface area contributed by atoms with Crippen LogP contribution >= 0.6 is 15.9 Å². The first-order valence-corrected chi connectivity index (χ1v) is 10.1. The Morgan fingerprint density at radius 3 is 2.62 bits per heavy atom. The quantitative estimate of drug-likeness (QED) is 0.292. The fourth-order valence-corrected chi connectivity index (χ4v) is 2.75. The van der Waals surface area contributed by atoms with Crippen LogP contribution in [0.4, 0.5) is 0 Å². The molecule has 0 saturated heterocycles. The number of rotatable bonds is 11. The fourth-order valence-electron chi connectivity index (χ4n) is 2.37. The molecule has 0 heterocycles. The zero-order valence-electron chi connectivity index (χ0n) is 16.6. The van der Waals surface area contributed by atoms with Gasteiger partial charge in [0.2, 0.25) is 0 Å². The third-order valence-electron chi connectivity index (χ3n) is 3.67. The van der Waals surface area contributed by atoms with Crippen LogP contribution in [0.2, 0.25) is 0 Å². The molecule has 0 aliphatic carbocycles. The molecule has 6 nitrogen and oxygen atoms in total. The Hall–Kier alpha value is -2.80. The second-order valence-electron chi connectivity index (χ2n) is 5.92. The van der Waals surface area contributed by atoms with Crippen molar-refractivity contribution < 1.29 is 19.0 Å². The van der Waals surface area contributed by atoms with Gasteiger partial charge in [0.05, 0.1) is 19.4 Å². The van der Waals surface area contributed by atoms with Crippen molar-refractivity contribution >= 4 is 28.1 Å². The molecule has 0 radical (unpaired) electrons. The maximum absolute atomic E-state index is 12.5. The minimum Gasteiger partial charge on any atom is -0.493 e. The van der Waals surface area contributed by atoms with Crippen LogP contribution in [0.15, 0.2) is 58.6 Å². The predicted molar refractivity (Wildman–Crippen MR) is 118 cm³/mol. The second-order valence-corrected chi connectivity index (χ2v) is 6.84. The fraction of sp³-hybridized carbons (Fsp3) is 0.273. The Morgan fingerprint density at radius 1 is 1.10 bits per heavy atom. The highest BCUT2D eigenvalue weighted by Gasteiger charge is 2.11. The normalized spacial score (nSPS) is 10.6. The molecule has 0 atom stereocenters. The zero-order chi connectivity index (χ0) is 21.1. The average Bonchev–Trinajstić information content (AvgIpc) is 2.72. The molecule has 1 N–H and O–H groups in total. The minimum atomic E-state index is -0.358. The van der Waals surface area contributed by atoms with Crippen LogP contribution < -0.4 is 19.6 Å². The van der Waals surface area contributed by atoms with Gasteiger partial charge in [-0.3, -0.25) is 4.79 Å². The monoisotopic (exact) mass is 460 g/mol. The summed E-state index contributed by atoms with van der Waals surface area (Å²) in [6.45, 7) is 8.94. The smallest absolute Gasteiger partial charge is 0.271 e. The molecule has 0 fully saturated rings. The summed E-state index contributed by atoms with van der Waals surface area (Å²) in [5, 5.41) is 4.06. The maximum atomic E-state index is 12.5. The van der Waals surface area contributed by atoms with Crippen molar-refractivity contribution in [2.45, 2.75) is 20.3 Å². The van der Waals surface area contributed by atoms with Crippen LogP contribution in [0, 0.1) is 0 Å². The average molecular weight is 461 g/mol. The lowest BCUT2D eigenvalue weighted by Crippen LogP contribution is -2.18. The highest BCUT2D eigenvalue weighted by atomic mass is 79.9. The van der Waals surface area contributed by atoms with Crippen molar-refractivity contribution in [3.05, 3.63) is 64.7 Å². The van der Waals surface area contributed by atoms with E-state index in [-0.39, 0.29) is 5.91 Å². The summed E-state index contributed by atoms with van der Waals surface area (Å²) in [6.07, 6.45) is 4.10. The second kappa shape index (κ2) is 11.9. The largest absolute Gasteiger partial charge is 0.493 e. The number of ether oxygens (including phenoxy) is 3. The molecule has 1 amide bonds. The topological polar surface area (TPSA) is 69.2 Å². The van der Waals surface area contributed by atoms with Crippen LogP contribution in [-0.4, -0.2) is 31.9 Å². The van der Waals surface area contributed by atoms with Gasteiger partial charge in [0, 0.05) is 15.6 Å². The molecular formula is C22H25BrN2O4. The molecule has 0 aromatic heterocycles. The third-order valence-corrected chi connectivity index (χ3v) is 4.16. The number of carbonyl (C=O) groups is 1. The van der Waals surface area contributed by atoms with Gasteiger partial charge in [-0.2, -0.15) is 5.10 Å². The van der Waals surface area contributed by atoms with Crippen LogP contribution in [0.3, 0.4) is 0 Å². The number of amides is 1. The van der Waals surface area contributed by atoms with Crippen LogP contribution in [0.1, 0.15) is 36.2 Å². The van der Waals surface area contributed by atoms with Crippen molar-refractivity contribution in [3.8, 4) is 17.2 Å². The number of halogens is 1. The number of nitrogens with zero attached hydrogens (tertiary/aromatic N) is 1. The highest BCUT2D eigenvalue weighted by molar-refractivity contribution is 9.10. The van der Waals surface area contributed by atoms with E-state index in [1.807, 2.05) is 32.0 Å². The molecule has 154 valence electrons. The van der Waals surface area contributed by atoms with Crippen molar-refractivity contribution in [1.29, 1.82) is 0 Å². The summed E-state index contributed by atoms with van der Waals surface area (Å²) in [7, 11) is 0. The summed E-state index contributed by atoms with van der Waals surface area (Å²) in [5.74, 6) is 1.39. The SMILES string of the molecule is C=CCOc1ccc(C(=O)N/N=C/c2cc(Br)ccc2OCCC)cc1OCC. The van der Waals surface area contributed by atoms with E-state index in [1.54, 1.807) is 30.5 Å². The number of nitrogens with one attached hydrogen (secondary N) is 1. The predicted octanol–water partition coefficient (Wildman–Crippen LogP) is 4.97. The molecule has 0 aliphatic rings. The van der Waals surface area contributed by atoms with Gasteiger partial charge < -0.3 is 14.2 Å². The first kappa shape index (κ1) is 22.5. The van der Waals surface area contributed by atoms with E-state index in [4.69, 9.17) is 14.2 Å². The summed E-state index contributed by atoms with van der Waals surface area (Å²) in [5.41, 5.74) is 3.70. The van der Waals surface area contributed by atoms with E-state index in [0.29, 0.717) is 42.6 Å². The molecular weight excluding hydrogens is 436 g/mol. The molecule has 2 aromatic carbocycles. The van der Waals surface area contributed by atoms with E-state index in [1.165, 1.54) is 0 Å². The molecule has 2 rings (SSSR count). The van der Waals surface area contributed by atoms with Gasteiger partial charge in [0.15, 0.2) is 11.5 Å². The number of benzene rings is 2. The molecule has 2 aromatic rings. The van der Waals surface area contributed by atoms with E-state index in [9.17, 15) is 4.79 Å². The third kappa shape index (κ3) is 6.94.